The first-order valence-electron chi connectivity index (χ1n) is 8.76. The standard InChI is InChI=1S/C17H24F2N4O2/c18-17(19,14-5-7-20-8-6-14)13-21-9-11-22(12-10-21)15-1-3-16(4-2-15)23(24)25/h1-4,14,20H,5-13H2. The third-order valence-corrected chi connectivity index (χ3v) is 5.17. The van der Waals surface area contributed by atoms with Crippen LogP contribution in [-0.2, 0) is 0 Å². The highest BCUT2D eigenvalue weighted by Crippen LogP contribution is 2.32. The van der Waals surface area contributed by atoms with Crippen LogP contribution >= 0.6 is 0 Å². The summed E-state index contributed by atoms with van der Waals surface area (Å²) < 4.78 is 29.0. The molecule has 2 saturated heterocycles. The number of rotatable bonds is 5. The molecule has 6 nitrogen and oxygen atoms in total. The Labute approximate surface area is 145 Å². The van der Waals surface area contributed by atoms with Crippen molar-refractivity contribution in [3.05, 3.63) is 34.4 Å². The number of halogens is 2. The minimum atomic E-state index is -2.64. The van der Waals surface area contributed by atoms with Gasteiger partial charge in [-0.1, -0.05) is 0 Å². The van der Waals surface area contributed by atoms with Gasteiger partial charge in [-0.15, -0.1) is 0 Å². The second-order valence-electron chi connectivity index (χ2n) is 6.82. The van der Waals surface area contributed by atoms with Gasteiger partial charge >= 0.3 is 0 Å². The molecule has 2 aliphatic rings. The summed E-state index contributed by atoms with van der Waals surface area (Å²) >= 11 is 0. The van der Waals surface area contributed by atoms with Crippen molar-refractivity contribution in [1.29, 1.82) is 0 Å². The van der Waals surface area contributed by atoms with Crippen molar-refractivity contribution in [2.45, 2.75) is 18.8 Å². The van der Waals surface area contributed by atoms with Crippen molar-refractivity contribution in [2.75, 3.05) is 50.7 Å². The molecule has 1 aromatic rings. The smallest absolute Gasteiger partial charge is 0.269 e. The molecule has 0 spiro atoms. The average molecular weight is 354 g/mol. The number of benzene rings is 1. The Morgan fingerprint density at radius 3 is 2.28 bits per heavy atom. The third kappa shape index (κ3) is 4.43. The van der Waals surface area contributed by atoms with Gasteiger partial charge in [0.2, 0.25) is 0 Å². The molecule has 3 rings (SSSR count). The van der Waals surface area contributed by atoms with E-state index in [1.807, 2.05) is 4.90 Å². The number of anilines is 1. The Bertz CT molecular complexity index is 583. The first-order valence-corrected chi connectivity index (χ1v) is 8.76. The van der Waals surface area contributed by atoms with Crippen molar-refractivity contribution in [3.63, 3.8) is 0 Å². The zero-order chi connectivity index (χ0) is 17.9. The Hall–Kier alpha value is -1.80. The van der Waals surface area contributed by atoms with E-state index >= 15 is 0 Å². The van der Waals surface area contributed by atoms with Crippen LogP contribution in [0.2, 0.25) is 0 Å². The summed E-state index contributed by atoms with van der Waals surface area (Å²) in [5, 5.41) is 13.8. The highest BCUT2D eigenvalue weighted by Gasteiger charge is 2.41. The molecule has 0 atom stereocenters. The third-order valence-electron chi connectivity index (χ3n) is 5.17. The van der Waals surface area contributed by atoms with Crippen LogP contribution in [0.5, 0.6) is 0 Å². The lowest BCUT2D eigenvalue weighted by atomic mass is 9.91. The van der Waals surface area contributed by atoms with Crippen LogP contribution in [0.4, 0.5) is 20.2 Å². The van der Waals surface area contributed by atoms with Crippen LogP contribution in [0.1, 0.15) is 12.8 Å². The highest BCUT2D eigenvalue weighted by molar-refractivity contribution is 5.51. The molecule has 1 N–H and O–H groups in total. The summed E-state index contributed by atoms with van der Waals surface area (Å²) in [5.74, 6) is -3.17. The largest absolute Gasteiger partial charge is 0.369 e. The van der Waals surface area contributed by atoms with Crippen molar-refractivity contribution in [2.24, 2.45) is 5.92 Å². The molecule has 0 amide bonds. The molecule has 0 aromatic heterocycles. The second kappa shape index (κ2) is 7.61. The van der Waals surface area contributed by atoms with E-state index in [0.717, 1.165) is 5.69 Å². The molecule has 0 saturated carbocycles. The normalized spacial score (nSPS) is 20.6. The average Bonchev–Trinajstić information content (AvgIpc) is 2.63. The lowest BCUT2D eigenvalue weighted by Crippen LogP contribution is -2.52. The zero-order valence-corrected chi connectivity index (χ0v) is 14.2. The van der Waals surface area contributed by atoms with E-state index in [1.54, 1.807) is 12.1 Å². The van der Waals surface area contributed by atoms with E-state index in [1.165, 1.54) is 12.1 Å². The number of nitrogens with one attached hydrogen (secondary N) is 1. The van der Waals surface area contributed by atoms with Crippen LogP contribution < -0.4 is 10.2 Å². The molecular weight excluding hydrogens is 330 g/mol. The molecule has 2 fully saturated rings. The van der Waals surface area contributed by atoms with Crippen LogP contribution in [0, 0.1) is 16.0 Å². The second-order valence-corrected chi connectivity index (χ2v) is 6.82. The number of hydrogen-bond donors (Lipinski definition) is 1. The summed E-state index contributed by atoms with van der Waals surface area (Å²) in [7, 11) is 0. The van der Waals surface area contributed by atoms with Crippen LogP contribution in [-0.4, -0.2) is 61.6 Å². The number of non-ortho nitro benzene ring substituents is 1. The Morgan fingerprint density at radius 1 is 1.12 bits per heavy atom. The molecule has 0 aliphatic carbocycles. The highest BCUT2D eigenvalue weighted by atomic mass is 19.3. The lowest BCUT2D eigenvalue weighted by molar-refractivity contribution is -0.384. The Kier molecular flexibility index (Phi) is 5.48. The van der Waals surface area contributed by atoms with Crippen molar-refractivity contribution >= 4 is 11.4 Å². The molecular formula is C17H24F2N4O2. The van der Waals surface area contributed by atoms with Crippen LogP contribution in [0.15, 0.2) is 24.3 Å². The number of nitrogens with zero attached hydrogens (tertiary/aromatic N) is 3. The molecule has 25 heavy (non-hydrogen) atoms. The minimum absolute atomic E-state index is 0.0593. The predicted octanol–water partition coefficient (Wildman–Crippen LogP) is 2.35. The van der Waals surface area contributed by atoms with Crippen molar-refractivity contribution in [3.8, 4) is 0 Å². The molecule has 2 heterocycles. The van der Waals surface area contributed by atoms with Crippen LogP contribution in [0.25, 0.3) is 0 Å². The van der Waals surface area contributed by atoms with E-state index in [4.69, 9.17) is 0 Å². The SMILES string of the molecule is O=[N+]([O-])c1ccc(N2CCN(CC(F)(F)C3CCNCC3)CC2)cc1. The molecule has 1 aromatic carbocycles. The maximum Gasteiger partial charge on any atom is 0.269 e. The molecule has 138 valence electrons. The van der Waals surface area contributed by atoms with Gasteiger partial charge in [-0.25, -0.2) is 8.78 Å². The quantitative estimate of drug-likeness (QED) is 0.650. The van der Waals surface area contributed by atoms with E-state index in [9.17, 15) is 18.9 Å². The van der Waals surface area contributed by atoms with Crippen molar-refractivity contribution in [1.82, 2.24) is 10.2 Å². The fraction of sp³-hybridized carbons (Fsp3) is 0.647. The van der Waals surface area contributed by atoms with E-state index in [-0.39, 0.29) is 12.2 Å². The van der Waals surface area contributed by atoms with Gasteiger partial charge in [0, 0.05) is 49.9 Å². The summed E-state index contributed by atoms with van der Waals surface area (Å²) in [6, 6.07) is 6.40. The summed E-state index contributed by atoms with van der Waals surface area (Å²) in [6.07, 6.45) is 1.07. The van der Waals surface area contributed by atoms with Gasteiger partial charge in [0.1, 0.15) is 0 Å². The Balaban J connectivity index is 1.52. The molecule has 0 bridgehead atoms. The summed E-state index contributed by atoms with van der Waals surface area (Å²) in [4.78, 5) is 14.2. The van der Waals surface area contributed by atoms with Gasteiger partial charge < -0.3 is 10.2 Å². The number of nitro benzene ring substituents is 1. The molecule has 0 unspecified atom stereocenters. The predicted molar refractivity (Wildman–Crippen MR) is 92.3 cm³/mol. The van der Waals surface area contributed by atoms with E-state index in [2.05, 4.69) is 10.2 Å². The minimum Gasteiger partial charge on any atom is -0.369 e. The Morgan fingerprint density at radius 2 is 1.72 bits per heavy atom. The first kappa shape index (κ1) is 18.0. The molecule has 2 aliphatic heterocycles. The molecule has 0 radical (unpaired) electrons. The summed E-state index contributed by atoms with van der Waals surface area (Å²) in [5.41, 5.74) is 0.958. The number of piperazine rings is 1. The van der Waals surface area contributed by atoms with Gasteiger partial charge in [-0.3, -0.25) is 15.0 Å². The fourth-order valence-electron chi connectivity index (χ4n) is 3.62. The van der Waals surface area contributed by atoms with Crippen molar-refractivity contribution < 1.29 is 13.7 Å². The van der Waals surface area contributed by atoms with Gasteiger partial charge in [0.05, 0.1) is 11.5 Å². The van der Waals surface area contributed by atoms with Gasteiger partial charge in [0.25, 0.3) is 11.6 Å². The van der Waals surface area contributed by atoms with Crippen LogP contribution in [0.3, 0.4) is 0 Å². The topological polar surface area (TPSA) is 61.7 Å². The maximum atomic E-state index is 14.5. The maximum absolute atomic E-state index is 14.5. The van der Waals surface area contributed by atoms with Gasteiger partial charge in [-0.2, -0.15) is 0 Å². The number of nitro groups is 1. The summed E-state index contributed by atoms with van der Waals surface area (Å²) in [6.45, 7) is 3.64. The van der Waals surface area contributed by atoms with Gasteiger partial charge in [-0.05, 0) is 38.1 Å². The van der Waals surface area contributed by atoms with E-state index in [0.29, 0.717) is 52.1 Å². The zero-order valence-electron chi connectivity index (χ0n) is 14.2. The first-order chi connectivity index (χ1) is 12.0. The lowest BCUT2D eigenvalue weighted by Gasteiger charge is -2.39. The van der Waals surface area contributed by atoms with E-state index < -0.39 is 16.8 Å². The number of hydrogen-bond acceptors (Lipinski definition) is 5. The molecule has 8 heteroatoms. The number of alkyl halides is 2. The number of piperidine rings is 1. The fourth-order valence-corrected chi connectivity index (χ4v) is 3.62. The monoisotopic (exact) mass is 354 g/mol. The van der Waals surface area contributed by atoms with Gasteiger partial charge in [0.15, 0.2) is 0 Å².